The van der Waals surface area contributed by atoms with Gasteiger partial charge in [0.15, 0.2) is 11.5 Å². The van der Waals surface area contributed by atoms with Crippen LogP contribution < -0.4 is 19.5 Å². The number of methoxy groups -OCH3 is 3. The molecule has 0 saturated carbocycles. The number of nitrogens with one attached hydrogen (secondary N) is 1. The van der Waals surface area contributed by atoms with Crippen molar-refractivity contribution < 1.29 is 23.8 Å². The van der Waals surface area contributed by atoms with Crippen LogP contribution in [0.2, 0.25) is 5.02 Å². The second-order valence-corrected chi connectivity index (χ2v) is 8.71. The first-order valence-electron chi connectivity index (χ1n) is 9.47. The zero-order valence-corrected chi connectivity index (χ0v) is 20.0. The number of carbonyl (C=O) groups excluding carboxylic acids is 2. The third-order valence-corrected chi connectivity index (χ3v) is 6.14. The van der Waals surface area contributed by atoms with E-state index in [1.54, 1.807) is 42.5 Å². The van der Waals surface area contributed by atoms with Gasteiger partial charge in [0.2, 0.25) is 11.7 Å². The van der Waals surface area contributed by atoms with Gasteiger partial charge in [0.05, 0.1) is 26.2 Å². The lowest BCUT2D eigenvalue weighted by molar-refractivity contribution is -0.122. The first-order valence-corrected chi connectivity index (χ1v) is 11.1. The van der Waals surface area contributed by atoms with E-state index >= 15 is 0 Å². The van der Waals surface area contributed by atoms with Crippen molar-refractivity contribution in [3.8, 4) is 17.2 Å². The van der Waals surface area contributed by atoms with Gasteiger partial charge in [-0.25, -0.2) is 0 Å². The quantitative estimate of drug-likeness (QED) is 0.426. The number of thiocarbonyl (C=S) groups is 1. The molecule has 1 N–H and O–H groups in total. The highest BCUT2D eigenvalue weighted by Gasteiger charge is 2.32. The summed E-state index contributed by atoms with van der Waals surface area (Å²) in [5, 5.41) is 3.28. The fourth-order valence-electron chi connectivity index (χ4n) is 3.03. The summed E-state index contributed by atoms with van der Waals surface area (Å²) in [5.41, 5.74) is 1.29. The molecule has 0 aromatic heterocycles. The van der Waals surface area contributed by atoms with Crippen molar-refractivity contribution in [3.63, 3.8) is 0 Å². The zero-order chi connectivity index (χ0) is 23.3. The minimum atomic E-state index is -0.260. The Morgan fingerprint density at radius 3 is 2.44 bits per heavy atom. The SMILES string of the molecule is COc1cc(/C=C2/SC(=S)N(CCC(=O)Nc3cccc(Cl)c3)C2=O)cc(OC)c1OC. The molecular formula is C22H21ClN2O5S2. The number of thioether (sulfide) groups is 1. The van der Waals surface area contributed by atoms with Crippen LogP contribution >= 0.6 is 35.6 Å². The van der Waals surface area contributed by atoms with Gasteiger partial charge >= 0.3 is 0 Å². The molecule has 3 rings (SSSR count). The fraction of sp³-hybridized carbons (Fsp3) is 0.227. The van der Waals surface area contributed by atoms with Gasteiger partial charge in [-0.15, -0.1) is 0 Å². The van der Waals surface area contributed by atoms with Crippen LogP contribution in [0.15, 0.2) is 41.3 Å². The minimum absolute atomic E-state index is 0.0937. The van der Waals surface area contributed by atoms with Crippen LogP contribution in [0.25, 0.3) is 6.08 Å². The Bertz CT molecular complexity index is 1060. The molecule has 0 unspecified atom stereocenters. The number of carbonyl (C=O) groups is 2. The lowest BCUT2D eigenvalue weighted by Gasteiger charge is -2.14. The van der Waals surface area contributed by atoms with Crippen molar-refractivity contribution in [2.75, 3.05) is 33.2 Å². The van der Waals surface area contributed by atoms with Crippen molar-refractivity contribution in [2.45, 2.75) is 6.42 Å². The van der Waals surface area contributed by atoms with E-state index in [1.807, 2.05) is 0 Å². The van der Waals surface area contributed by atoms with Crippen LogP contribution in [0.1, 0.15) is 12.0 Å². The first-order chi connectivity index (χ1) is 15.4. The average Bonchev–Trinajstić information content (AvgIpc) is 3.03. The first kappa shape index (κ1) is 23.9. The van der Waals surface area contributed by atoms with Crippen LogP contribution in [-0.2, 0) is 9.59 Å². The van der Waals surface area contributed by atoms with E-state index in [2.05, 4.69) is 5.32 Å². The molecule has 1 aliphatic heterocycles. The van der Waals surface area contributed by atoms with Crippen LogP contribution in [0.3, 0.4) is 0 Å². The summed E-state index contributed by atoms with van der Waals surface area (Å²) < 4.78 is 16.4. The van der Waals surface area contributed by atoms with Crippen molar-refractivity contribution in [1.82, 2.24) is 4.90 Å². The van der Waals surface area contributed by atoms with Gasteiger partial charge < -0.3 is 19.5 Å². The number of anilines is 1. The second kappa shape index (κ2) is 10.7. The number of hydrogen-bond donors (Lipinski definition) is 1. The molecule has 0 aliphatic carbocycles. The van der Waals surface area contributed by atoms with Crippen LogP contribution in [-0.4, -0.2) is 48.9 Å². The lowest BCUT2D eigenvalue weighted by atomic mass is 10.1. The molecule has 168 valence electrons. The molecule has 7 nitrogen and oxygen atoms in total. The molecule has 32 heavy (non-hydrogen) atoms. The summed E-state index contributed by atoms with van der Waals surface area (Å²) in [7, 11) is 4.57. The predicted molar refractivity (Wildman–Crippen MR) is 131 cm³/mol. The van der Waals surface area contributed by atoms with Crippen LogP contribution in [0.4, 0.5) is 5.69 Å². The molecule has 2 aromatic carbocycles. The smallest absolute Gasteiger partial charge is 0.266 e. The number of halogens is 1. The molecule has 1 fully saturated rings. The standard InChI is InChI=1S/C22H21ClN2O5S2/c1-28-16-9-13(10-17(29-2)20(16)30-3)11-18-21(27)25(22(31)32-18)8-7-19(26)24-15-6-4-5-14(23)12-15/h4-6,9-12H,7-8H2,1-3H3,(H,24,26)/b18-11+. The topological polar surface area (TPSA) is 77.1 Å². The third kappa shape index (κ3) is 5.53. The Labute approximate surface area is 200 Å². The molecule has 1 heterocycles. The Hall–Kier alpha value is -2.75. The normalized spacial score (nSPS) is 14.6. The van der Waals surface area contributed by atoms with Crippen molar-refractivity contribution >= 4 is 63.5 Å². The molecule has 0 atom stereocenters. The minimum Gasteiger partial charge on any atom is -0.493 e. The molecule has 1 aliphatic rings. The maximum Gasteiger partial charge on any atom is 0.266 e. The van der Waals surface area contributed by atoms with Gasteiger partial charge in [0.25, 0.3) is 5.91 Å². The summed E-state index contributed by atoms with van der Waals surface area (Å²) in [6.45, 7) is 0.170. The Morgan fingerprint density at radius 1 is 1.16 bits per heavy atom. The van der Waals surface area contributed by atoms with Gasteiger partial charge in [-0.1, -0.05) is 41.6 Å². The average molecular weight is 493 g/mol. The molecule has 1 saturated heterocycles. The number of ether oxygens (including phenoxy) is 3. The van der Waals surface area contributed by atoms with Gasteiger partial charge in [0.1, 0.15) is 4.32 Å². The number of rotatable bonds is 8. The zero-order valence-electron chi connectivity index (χ0n) is 17.6. The summed E-state index contributed by atoms with van der Waals surface area (Å²) in [6.07, 6.45) is 1.80. The highest BCUT2D eigenvalue weighted by molar-refractivity contribution is 8.26. The van der Waals surface area contributed by atoms with E-state index < -0.39 is 0 Å². The highest BCUT2D eigenvalue weighted by Crippen LogP contribution is 2.40. The molecule has 10 heteroatoms. The van der Waals surface area contributed by atoms with Gasteiger partial charge in [-0.05, 0) is 42.0 Å². The van der Waals surface area contributed by atoms with E-state index in [0.717, 1.165) is 0 Å². The summed E-state index contributed by atoms with van der Waals surface area (Å²) in [6, 6.07) is 10.3. The molecule has 2 amide bonds. The fourth-order valence-corrected chi connectivity index (χ4v) is 4.53. The largest absolute Gasteiger partial charge is 0.493 e. The lowest BCUT2D eigenvalue weighted by Crippen LogP contribution is -2.31. The van der Waals surface area contributed by atoms with E-state index in [0.29, 0.717) is 42.7 Å². The van der Waals surface area contributed by atoms with Gasteiger partial charge in [0, 0.05) is 23.7 Å². The molecular weight excluding hydrogens is 472 g/mol. The number of amides is 2. The van der Waals surface area contributed by atoms with Gasteiger partial charge in [-0.2, -0.15) is 0 Å². The molecule has 0 radical (unpaired) electrons. The van der Waals surface area contributed by atoms with E-state index in [4.69, 9.17) is 38.0 Å². The maximum absolute atomic E-state index is 12.9. The van der Waals surface area contributed by atoms with Crippen molar-refractivity contribution in [3.05, 3.63) is 51.9 Å². The van der Waals surface area contributed by atoms with Crippen LogP contribution in [0.5, 0.6) is 17.2 Å². The van der Waals surface area contributed by atoms with Crippen molar-refractivity contribution in [1.29, 1.82) is 0 Å². The maximum atomic E-state index is 12.9. The van der Waals surface area contributed by atoms with E-state index in [1.165, 1.54) is 38.0 Å². The second-order valence-electron chi connectivity index (χ2n) is 6.60. The number of hydrogen-bond acceptors (Lipinski definition) is 7. The van der Waals surface area contributed by atoms with E-state index in [-0.39, 0.29) is 24.8 Å². The number of benzene rings is 2. The van der Waals surface area contributed by atoms with E-state index in [9.17, 15) is 9.59 Å². The molecule has 0 bridgehead atoms. The molecule has 2 aromatic rings. The summed E-state index contributed by atoms with van der Waals surface area (Å²) in [4.78, 5) is 27.0. The van der Waals surface area contributed by atoms with Crippen LogP contribution in [0, 0.1) is 0 Å². The summed E-state index contributed by atoms with van der Waals surface area (Å²) in [5.74, 6) is 0.919. The third-order valence-electron chi connectivity index (χ3n) is 4.53. The Balaban J connectivity index is 1.70. The van der Waals surface area contributed by atoms with Gasteiger partial charge in [-0.3, -0.25) is 14.5 Å². The Kier molecular flexibility index (Phi) is 8.00. The monoisotopic (exact) mass is 492 g/mol. The summed E-state index contributed by atoms with van der Waals surface area (Å²) >= 11 is 12.5. The Morgan fingerprint density at radius 2 is 1.84 bits per heavy atom. The predicted octanol–water partition coefficient (Wildman–Crippen LogP) is 4.60. The highest BCUT2D eigenvalue weighted by atomic mass is 35.5. The van der Waals surface area contributed by atoms with Crippen molar-refractivity contribution in [2.24, 2.45) is 0 Å². The molecule has 0 spiro atoms. The number of nitrogens with zero attached hydrogens (tertiary/aromatic N) is 1.